The van der Waals surface area contributed by atoms with Crippen LogP contribution in [0.2, 0.25) is 0 Å². The van der Waals surface area contributed by atoms with Crippen LogP contribution in [-0.2, 0) is 22.6 Å². The SMILES string of the molecule is Nc1c(N(Cc2ccco2)C(=O)C2CCCO2)c(=O)[nH]c(=O)n1Cc1ccccc1. The Balaban J connectivity index is 1.79. The lowest BCUT2D eigenvalue weighted by atomic mass is 10.2. The van der Waals surface area contributed by atoms with Crippen LogP contribution in [-0.4, -0.2) is 28.2 Å². The summed E-state index contributed by atoms with van der Waals surface area (Å²) in [5.41, 5.74) is 5.63. The predicted octanol–water partition coefficient (Wildman–Crippen LogP) is 1.47. The van der Waals surface area contributed by atoms with Gasteiger partial charge >= 0.3 is 5.69 Å². The Morgan fingerprint density at radius 2 is 2.00 bits per heavy atom. The van der Waals surface area contributed by atoms with Crippen LogP contribution in [0.3, 0.4) is 0 Å². The zero-order valence-corrected chi connectivity index (χ0v) is 16.2. The predicted molar refractivity (Wildman–Crippen MR) is 110 cm³/mol. The molecule has 30 heavy (non-hydrogen) atoms. The van der Waals surface area contributed by atoms with E-state index in [0.717, 1.165) is 12.0 Å². The molecular weight excluding hydrogens is 388 g/mol. The molecule has 0 bridgehead atoms. The molecule has 9 nitrogen and oxygen atoms in total. The number of amides is 1. The molecule has 1 aliphatic rings. The molecule has 1 aromatic carbocycles. The lowest BCUT2D eigenvalue weighted by molar-refractivity contribution is -0.127. The minimum atomic E-state index is -0.736. The van der Waals surface area contributed by atoms with Crippen LogP contribution >= 0.6 is 0 Å². The normalized spacial score (nSPS) is 15.9. The average molecular weight is 410 g/mol. The summed E-state index contributed by atoms with van der Waals surface area (Å²) in [4.78, 5) is 41.9. The number of nitrogen functional groups attached to an aromatic ring is 1. The maximum atomic E-state index is 13.2. The lowest BCUT2D eigenvalue weighted by Gasteiger charge is -2.26. The van der Waals surface area contributed by atoms with Gasteiger partial charge < -0.3 is 14.9 Å². The monoisotopic (exact) mass is 410 g/mol. The molecule has 0 spiro atoms. The van der Waals surface area contributed by atoms with Gasteiger partial charge in [0, 0.05) is 6.61 Å². The highest BCUT2D eigenvalue weighted by Gasteiger charge is 2.33. The molecule has 0 saturated carbocycles. The summed E-state index contributed by atoms with van der Waals surface area (Å²) >= 11 is 0. The van der Waals surface area contributed by atoms with Gasteiger partial charge in [0.1, 0.15) is 17.7 Å². The van der Waals surface area contributed by atoms with Crippen molar-refractivity contribution >= 4 is 17.4 Å². The molecule has 2 aromatic heterocycles. The number of furan rings is 1. The summed E-state index contributed by atoms with van der Waals surface area (Å²) in [6, 6.07) is 12.6. The topological polar surface area (TPSA) is 124 Å². The van der Waals surface area contributed by atoms with Gasteiger partial charge in [-0.2, -0.15) is 0 Å². The molecule has 0 radical (unpaired) electrons. The summed E-state index contributed by atoms with van der Waals surface area (Å²) in [5, 5.41) is 0. The van der Waals surface area contributed by atoms with Gasteiger partial charge in [0.25, 0.3) is 11.5 Å². The smallest absolute Gasteiger partial charge is 0.330 e. The third kappa shape index (κ3) is 3.92. The summed E-state index contributed by atoms with van der Waals surface area (Å²) in [6.45, 7) is 0.616. The van der Waals surface area contributed by atoms with Crippen LogP contribution in [0.1, 0.15) is 24.2 Å². The fourth-order valence-corrected chi connectivity index (χ4v) is 3.53. The molecule has 1 unspecified atom stereocenters. The largest absolute Gasteiger partial charge is 0.467 e. The molecule has 1 saturated heterocycles. The highest BCUT2D eigenvalue weighted by Crippen LogP contribution is 2.24. The highest BCUT2D eigenvalue weighted by molar-refractivity contribution is 5.98. The first-order valence-corrected chi connectivity index (χ1v) is 9.66. The quantitative estimate of drug-likeness (QED) is 0.634. The summed E-state index contributed by atoms with van der Waals surface area (Å²) in [7, 11) is 0. The molecular formula is C21H22N4O5. The van der Waals surface area contributed by atoms with Crippen LogP contribution in [0.15, 0.2) is 62.7 Å². The molecule has 1 aliphatic heterocycles. The van der Waals surface area contributed by atoms with Crippen LogP contribution in [0, 0.1) is 0 Å². The van der Waals surface area contributed by atoms with Crippen molar-refractivity contribution in [1.29, 1.82) is 0 Å². The maximum absolute atomic E-state index is 13.2. The van der Waals surface area contributed by atoms with Crippen molar-refractivity contribution in [2.75, 3.05) is 17.2 Å². The maximum Gasteiger partial charge on any atom is 0.330 e. The Labute approximate surface area is 171 Å². The van der Waals surface area contributed by atoms with Gasteiger partial charge in [0.15, 0.2) is 5.69 Å². The van der Waals surface area contributed by atoms with Gasteiger partial charge in [-0.05, 0) is 30.5 Å². The van der Waals surface area contributed by atoms with Gasteiger partial charge in [-0.15, -0.1) is 0 Å². The standard InChI is InChI=1S/C21H22N4O5/c22-18-17(19(26)23-21(28)25(18)12-14-6-2-1-3-7-14)24(13-15-8-4-10-29-15)20(27)16-9-5-11-30-16/h1-4,6-8,10,16H,5,9,11-13,22H2,(H,23,26,28). The third-order valence-corrected chi connectivity index (χ3v) is 5.03. The average Bonchev–Trinajstić information content (AvgIpc) is 3.45. The van der Waals surface area contributed by atoms with Crippen molar-refractivity contribution in [1.82, 2.24) is 9.55 Å². The number of carbonyl (C=O) groups excluding carboxylic acids is 1. The van der Waals surface area contributed by atoms with Crippen LogP contribution in [0.4, 0.5) is 11.5 Å². The van der Waals surface area contributed by atoms with Gasteiger partial charge in [-0.3, -0.25) is 24.0 Å². The molecule has 3 aromatic rings. The van der Waals surface area contributed by atoms with Crippen molar-refractivity contribution in [3.05, 3.63) is 80.9 Å². The zero-order valence-electron chi connectivity index (χ0n) is 16.2. The number of aromatic amines is 1. The van der Waals surface area contributed by atoms with E-state index >= 15 is 0 Å². The van der Waals surface area contributed by atoms with Crippen molar-refractivity contribution in [2.45, 2.75) is 32.0 Å². The van der Waals surface area contributed by atoms with E-state index < -0.39 is 23.3 Å². The Morgan fingerprint density at radius 3 is 2.67 bits per heavy atom. The van der Waals surface area contributed by atoms with E-state index in [2.05, 4.69) is 4.98 Å². The van der Waals surface area contributed by atoms with E-state index in [1.807, 2.05) is 30.3 Å². The minimum Gasteiger partial charge on any atom is -0.467 e. The molecule has 1 amide bonds. The van der Waals surface area contributed by atoms with E-state index in [0.29, 0.717) is 18.8 Å². The lowest BCUT2D eigenvalue weighted by Crippen LogP contribution is -2.44. The first kappa shape index (κ1) is 19.7. The number of nitrogens with zero attached hydrogens (tertiary/aromatic N) is 2. The van der Waals surface area contributed by atoms with Crippen LogP contribution in [0.5, 0.6) is 0 Å². The number of H-pyrrole nitrogens is 1. The van der Waals surface area contributed by atoms with Crippen LogP contribution in [0.25, 0.3) is 0 Å². The number of rotatable bonds is 6. The Hall–Kier alpha value is -3.59. The van der Waals surface area contributed by atoms with Crippen molar-refractivity contribution in [3.8, 4) is 0 Å². The molecule has 0 aliphatic carbocycles. The highest BCUT2D eigenvalue weighted by atomic mass is 16.5. The summed E-state index contributed by atoms with van der Waals surface area (Å²) < 4.78 is 12.1. The zero-order chi connectivity index (χ0) is 21.1. The van der Waals surface area contributed by atoms with Crippen molar-refractivity contribution in [3.63, 3.8) is 0 Å². The second kappa shape index (κ2) is 8.42. The fraction of sp³-hybridized carbons (Fsp3) is 0.286. The second-order valence-electron chi connectivity index (χ2n) is 7.07. The van der Waals surface area contributed by atoms with Crippen molar-refractivity contribution < 1.29 is 13.9 Å². The molecule has 3 heterocycles. The molecule has 4 rings (SSSR count). The Kier molecular flexibility index (Phi) is 5.53. The van der Waals surface area contributed by atoms with Crippen molar-refractivity contribution in [2.24, 2.45) is 0 Å². The van der Waals surface area contributed by atoms with E-state index in [4.69, 9.17) is 14.9 Å². The molecule has 3 N–H and O–H groups in total. The first-order chi connectivity index (χ1) is 14.5. The van der Waals surface area contributed by atoms with E-state index in [-0.39, 0.29) is 24.6 Å². The number of nitrogens with one attached hydrogen (secondary N) is 1. The second-order valence-corrected chi connectivity index (χ2v) is 7.07. The molecule has 1 atom stereocenters. The summed E-state index contributed by atoms with van der Waals surface area (Å²) in [6.07, 6.45) is 2.11. The first-order valence-electron chi connectivity index (χ1n) is 9.66. The van der Waals surface area contributed by atoms with E-state index in [1.54, 1.807) is 12.1 Å². The number of ether oxygens (including phenoxy) is 1. The summed E-state index contributed by atoms with van der Waals surface area (Å²) in [5.74, 6) is -0.0162. The number of nitrogens with two attached hydrogens (primary N) is 1. The van der Waals surface area contributed by atoms with E-state index in [1.165, 1.54) is 15.7 Å². The number of hydrogen-bond donors (Lipinski definition) is 2. The Bertz CT molecular complexity index is 1130. The number of aromatic nitrogens is 2. The molecule has 9 heteroatoms. The van der Waals surface area contributed by atoms with Crippen LogP contribution < -0.4 is 21.9 Å². The molecule has 1 fully saturated rings. The number of hydrogen-bond acceptors (Lipinski definition) is 6. The fourth-order valence-electron chi connectivity index (χ4n) is 3.53. The number of carbonyl (C=O) groups is 1. The van der Waals surface area contributed by atoms with Gasteiger partial charge in [-0.25, -0.2) is 4.79 Å². The van der Waals surface area contributed by atoms with E-state index in [9.17, 15) is 14.4 Å². The van der Waals surface area contributed by atoms with Gasteiger partial charge in [0.2, 0.25) is 0 Å². The Morgan fingerprint density at radius 1 is 1.20 bits per heavy atom. The number of benzene rings is 1. The van der Waals surface area contributed by atoms with Gasteiger partial charge in [-0.1, -0.05) is 30.3 Å². The molecule has 156 valence electrons. The minimum absolute atomic E-state index is 0.0114. The third-order valence-electron chi connectivity index (χ3n) is 5.03. The van der Waals surface area contributed by atoms with Gasteiger partial charge in [0.05, 0.1) is 19.4 Å². The number of anilines is 2.